The van der Waals surface area contributed by atoms with Gasteiger partial charge in [0.05, 0.1) is 11.8 Å². The minimum absolute atomic E-state index is 0.0303. The van der Waals surface area contributed by atoms with Crippen LogP contribution in [0, 0.1) is 5.95 Å². The molecule has 0 aliphatic rings. The quantitative estimate of drug-likeness (QED) is 0.833. The molecule has 0 saturated heterocycles. The van der Waals surface area contributed by atoms with Gasteiger partial charge in [0.15, 0.2) is 0 Å². The molecular weight excluding hydrogens is 241 g/mol. The van der Waals surface area contributed by atoms with Gasteiger partial charge in [-0.25, -0.2) is 4.68 Å². The van der Waals surface area contributed by atoms with E-state index in [1.54, 1.807) is 18.2 Å². The summed E-state index contributed by atoms with van der Waals surface area (Å²) in [6.45, 7) is 3.73. The Balaban J connectivity index is 2.54. The summed E-state index contributed by atoms with van der Waals surface area (Å²) in [4.78, 5) is 0. The van der Waals surface area contributed by atoms with Crippen molar-refractivity contribution in [3.8, 4) is 11.1 Å². The molecule has 0 aliphatic heterocycles. The molecule has 0 unspecified atom stereocenters. The van der Waals surface area contributed by atoms with Gasteiger partial charge >= 0.3 is 0 Å². The third-order valence-electron chi connectivity index (χ3n) is 2.53. The highest BCUT2D eigenvalue weighted by molar-refractivity contribution is 6.31. The second kappa shape index (κ2) is 4.37. The Bertz CT molecular complexity index is 549. The summed E-state index contributed by atoms with van der Waals surface area (Å²) in [5.41, 5.74) is 7.27. The van der Waals surface area contributed by atoms with Crippen molar-refractivity contribution in [1.29, 1.82) is 0 Å². The molecule has 90 valence electrons. The highest BCUT2D eigenvalue weighted by atomic mass is 35.5. The Labute approximate surface area is 104 Å². The van der Waals surface area contributed by atoms with E-state index in [9.17, 15) is 4.39 Å². The minimum Gasteiger partial charge on any atom is -0.398 e. The van der Waals surface area contributed by atoms with Crippen molar-refractivity contribution in [1.82, 2.24) is 9.78 Å². The van der Waals surface area contributed by atoms with Gasteiger partial charge in [-0.05, 0) is 26.0 Å². The van der Waals surface area contributed by atoms with Gasteiger partial charge in [-0.1, -0.05) is 17.7 Å². The predicted molar refractivity (Wildman–Crippen MR) is 67.4 cm³/mol. The van der Waals surface area contributed by atoms with Crippen molar-refractivity contribution in [3.63, 3.8) is 0 Å². The van der Waals surface area contributed by atoms with E-state index in [1.165, 1.54) is 10.9 Å². The fraction of sp³-hybridized carbons (Fsp3) is 0.250. The van der Waals surface area contributed by atoms with Crippen molar-refractivity contribution < 1.29 is 4.39 Å². The van der Waals surface area contributed by atoms with Crippen molar-refractivity contribution in [2.75, 3.05) is 5.73 Å². The van der Waals surface area contributed by atoms with Crippen LogP contribution in [0.4, 0.5) is 10.1 Å². The molecule has 17 heavy (non-hydrogen) atoms. The Hall–Kier alpha value is -1.55. The van der Waals surface area contributed by atoms with Crippen LogP contribution in [0.25, 0.3) is 11.1 Å². The van der Waals surface area contributed by atoms with Crippen molar-refractivity contribution >= 4 is 17.3 Å². The molecule has 0 aliphatic carbocycles. The Morgan fingerprint density at radius 1 is 1.35 bits per heavy atom. The summed E-state index contributed by atoms with van der Waals surface area (Å²) in [7, 11) is 0. The summed E-state index contributed by atoms with van der Waals surface area (Å²) >= 11 is 5.81. The summed E-state index contributed by atoms with van der Waals surface area (Å²) in [5.74, 6) is -0.381. The molecule has 3 nitrogen and oxygen atoms in total. The molecule has 1 aromatic carbocycles. The van der Waals surface area contributed by atoms with Gasteiger partial charge in [-0.3, -0.25) is 0 Å². The largest absolute Gasteiger partial charge is 0.398 e. The Kier molecular flexibility index (Phi) is 3.07. The molecule has 0 saturated carbocycles. The number of nitrogen functional groups attached to an aromatic ring is 1. The molecule has 0 atom stereocenters. The first-order chi connectivity index (χ1) is 8.00. The van der Waals surface area contributed by atoms with E-state index >= 15 is 0 Å². The lowest BCUT2D eigenvalue weighted by molar-refractivity contribution is 0.417. The van der Waals surface area contributed by atoms with E-state index < -0.39 is 0 Å². The summed E-state index contributed by atoms with van der Waals surface area (Å²) < 4.78 is 15.4. The molecule has 0 fully saturated rings. The predicted octanol–water partition coefficient (Wildman–Crippen LogP) is 3.51. The zero-order valence-corrected chi connectivity index (χ0v) is 10.4. The lowest BCUT2D eigenvalue weighted by Crippen LogP contribution is -2.05. The molecule has 5 heteroatoms. The van der Waals surface area contributed by atoms with Crippen LogP contribution in [0.15, 0.2) is 24.4 Å². The average molecular weight is 254 g/mol. The molecule has 0 spiro atoms. The van der Waals surface area contributed by atoms with Crippen LogP contribution in [0.1, 0.15) is 19.9 Å². The van der Waals surface area contributed by atoms with Gasteiger partial charge in [0, 0.05) is 22.3 Å². The number of benzene rings is 1. The van der Waals surface area contributed by atoms with Gasteiger partial charge in [-0.2, -0.15) is 9.49 Å². The fourth-order valence-corrected chi connectivity index (χ4v) is 1.85. The molecule has 2 rings (SSSR count). The summed E-state index contributed by atoms with van der Waals surface area (Å²) in [6, 6.07) is 4.95. The molecule has 0 amide bonds. The van der Waals surface area contributed by atoms with E-state index in [0.717, 1.165) is 0 Å². The van der Waals surface area contributed by atoms with Gasteiger partial charge in [-0.15, -0.1) is 0 Å². The number of hydrogen-bond donors (Lipinski definition) is 1. The molecule has 2 N–H and O–H groups in total. The van der Waals surface area contributed by atoms with Crippen LogP contribution in [0.5, 0.6) is 0 Å². The van der Waals surface area contributed by atoms with Crippen LogP contribution in [0.2, 0.25) is 5.02 Å². The smallest absolute Gasteiger partial charge is 0.219 e. The molecule has 0 bridgehead atoms. The first-order valence-electron chi connectivity index (χ1n) is 5.29. The van der Waals surface area contributed by atoms with Crippen LogP contribution < -0.4 is 5.73 Å². The monoisotopic (exact) mass is 253 g/mol. The molecule has 1 aromatic heterocycles. The second-order valence-corrected chi connectivity index (χ2v) is 4.56. The first kappa shape index (κ1) is 11.9. The number of nitrogens with two attached hydrogens (primary N) is 1. The lowest BCUT2D eigenvalue weighted by Gasteiger charge is -2.07. The average Bonchev–Trinajstić information content (AvgIpc) is 2.60. The topological polar surface area (TPSA) is 43.8 Å². The van der Waals surface area contributed by atoms with Crippen LogP contribution in [-0.4, -0.2) is 9.78 Å². The highest BCUT2D eigenvalue weighted by Gasteiger charge is 2.15. The Morgan fingerprint density at radius 2 is 2.06 bits per heavy atom. The molecule has 1 heterocycles. The normalized spacial score (nSPS) is 11.1. The number of halogens is 2. The summed E-state index contributed by atoms with van der Waals surface area (Å²) in [5, 5.41) is 4.54. The third-order valence-corrected chi connectivity index (χ3v) is 2.76. The van der Waals surface area contributed by atoms with Gasteiger partial charge in [0.2, 0.25) is 5.95 Å². The van der Waals surface area contributed by atoms with Gasteiger partial charge < -0.3 is 5.73 Å². The fourth-order valence-electron chi connectivity index (χ4n) is 1.67. The third kappa shape index (κ3) is 2.13. The lowest BCUT2D eigenvalue weighted by atomic mass is 10.1. The molecule has 2 aromatic rings. The van der Waals surface area contributed by atoms with Crippen molar-refractivity contribution in [2.24, 2.45) is 0 Å². The van der Waals surface area contributed by atoms with Crippen LogP contribution >= 0.6 is 11.6 Å². The maximum absolute atomic E-state index is 14.1. The van der Waals surface area contributed by atoms with E-state index in [0.29, 0.717) is 21.8 Å². The number of nitrogens with zero attached hydrogens (tertiary/aromatic N) is 2. The maximum Gasteiger partial charge on any atom is 0.219 e. The highest BCUT2D eigenvalue weighted by Crippen LogP contribution is 2.30. The number of aromatic nitrogens is 2. The number of anilines is 1. The standard InChI is InChI=1S/C12H13ClFN3/c1-7(2)17-12(14)10(6-16-17)9-4-3-8(13)5-11(9)15/h3-7H,15H2,1-2H3. The first-order valence-corrected chi connectivity index (χ1v) is 5.67. The van der Waals surface area contributed by atoms with Crippen LogP contribution in [0.3, 0.4) is 0 Å². The van der Waals surface area contributed by atoms with E-state index in [4.69, 9.17) is 17.3 Å². The number of rotatable bonds is 2. The zero-order chi connectivity index (χ0) is 12.6. The second-order valence-electron chi connectivity index (χ2n) is 4.12. The van der Waals surface area contributed by atoms with E-state index in [1.807, 2.05) is 13.8 Å². The zero-order valence-electron chi connectivity index (χ0n) is 9.61. The SMILES string of the molecule is CC(C)n1ncc(-c2ccc(Cl)cc2N)c1F. The summed E-state index contributed by atoms with van der Waals surface area (Å²) in [6.07, 6.45) is 1.48. The van der Waals surface area contributed by atoms with Crippen molar-refractivity contribution in [2.45, 2.75) is 19.9 Å². The molecular formula is C12H13ClFN3. The minimum atomic E-state index is -0.381. The number of hydrogen-bond acceptors (Lipinski definition) is 2. The Morgan fingerprint density at radius 3 is 2.59 bits per heavy atom. The molecule has 0 radical (unpaired) electrons. The maximum atomic E-state index is 14.1. The van der Waals surface area contributed by atoms with Crippen LogP contribution in [-0.2, 0) is 0 Å². The van der Waals surface area contributed by atoms with E-state index in [2.05, 4.69) is 5.10 Å². The van der Waals surface area contributed by atoms with Gasteiger partial charge in [0.25, 0.3) is 0 Å². The van der Waals surface area contributed by atoms with Gasteiger partial charge in [0.1, 0.15) is 0 Å². The van der Waals surface area contributed by atoms with Crippen molar-refractivity contribution in [3.05, 3.63) is 35.4 Å². The van der Waals surface area contributed by atoms with E-state index in [-0.39, 0.29) is 12.0 Å².